The van der Waals surface area contributed by atoms with Gasteiger partial charge in [0.15, 0.2) is 0 Å². The Bertz CT molecular complexity index is 302. The first-order valence-corrected chi connectivity index (χ1v) is 4.29. The molecule has 2 rings (SSSR count). The predicted octanol–water partition coefficient (Wildman–Crippen LogP) is 3.26. The molecule has 0 heterocycles. The van der Waals surface area contributed by atoms with Crippen molar-refractivity contribution in [3.8, 4) is 0 Å². The van der Waals surface area contributed by atoms with E-state index in [0.717, 1.165) is 18.4 Å². The summed E-state index contributed by atoms with van der Waals surface area (Å²) in [4.78, 5) is 0. The lowest BCUT2D eigenvalue weighted by Gasteiger charge is -2.07. The van der Waals surface area contributed by atoms with Crippen molar-refractivity contribution >= 4 is 0 Å². The lowest BCUT2D eigenvalue weighted by molar-refractivity contribution is 0.597. The molecule has 1 aromatic rings. The average molecular weight is 162 g/mol. The normalized spacial score (nSPS) is 21.6. The van der Waals surface area contributed by atoms with Gasteiger partial charge in [0.25, 0.3) is 0 Å². The van der Waals surface area contributed by atoms with Crippen LogP contribution < -0.4 is 0 Å². The summed E-state index contributed by atoms with van der Waals surface area (Å²) in [5.74, 6) is 0.236. The Hall–Kier alpha value is -1.11. The van der Waals surface area contributed by atoms with Gasteiger partial charge in [0.1, 0.15) is 5.82 Å². The van der Waals surface area contributed by atoms with Gasteiger partial charge in [-0.25, -0.2) is 4.39 Å². The summed E-state index contributed by atoms with van der Waals surface area (Å²) < 4.78 is 13.2. The molecule has 0 bridgehead atoms. The Labute approximate surface area is 71.7 Å². The highest BCUT2D eigenvalue weighted by Crippen LogP contribution is 2.29. The molecule has 0 aromatic heterocycles. The molecule has 0 aliphatic heterocycles. The van der Waals surface area contributed by atoms with E-state index in [2.05, 4.69) is 12.2 Å². The van der Waals surface area contributed by atoms with Crippen molar-refractivity contribution < 1.29 is 4.39 Å². The molecule has 0 radical (unpaired) electrons. The van der Waals surface area contributed by atoms with Crippen LogP contribution in [0.25, 0.3) is 0 Å². The van der Waals surface area contributed by atoms with Crippen molar-refractivity contribution in [3.05, 3.63) is 47.8 Å². The molecule has 1 aliphatic rings. The van der Waals surface area contributed by atoms with E-state index < -0.39 is 0 Å². The van der Waals surface area contributed by atoms with Crippen LogP contribution >= 0.6 is 0 Å². The average Bonchev–Trinajstić information content (AvgIpc) is 2.57. The fraction of sp³-hybridized carbons (Fsp3) is 0.273. The lowest BCUT2D eigenvalue weighted by atomic mass is 9.98. The number of hydrogen-bond donors (Lipinski definition) is 0. The first-order valence-electron chi connectivity index (χ1n) is 4.29. The zero-order valence-electron chi connectivity index (χ0n) is 6.83. The van der Waals surface area contributed by atoms with Gasteiger partial charge in [0.2, 0.25) is 0 Å². The van der Waals surface area contributed by atoms with Crippen molar-refractivity contribution in [2.24, 2.45) is 0 Å². The smallest absolute Gasteiger partial charge is 0.126 e. The SMILES string of the molecule is Fc1ccccc1C1C=CCC1. The summed E-state index contributed by atoms with van der Waals surface area (Å²) in [5.41, 5.74) is 0.839. The van der Waals surface area contributed by atoms with Crippen LogP contribution in [0.5, 0.6) is 0 Å². The van der Waals surface area contributed by atoms with Gasteiger partial charge in [-0.3, -0.25) is 0 Å². The number of allylic oxidation sites excluding steroid dienone is 2. The van der Waals surface area contributed by atoms with Crippen molar-refractivity contribution in [3.63, 3.8) is 0 Å². The molecule has 0 saturated carbocycles. The molecule has 62 valence electrons. The maximum atomic E-state index is 13.2. The van der Waals surface area contributed by atoms with Crippen molar-refractivity contribution in [2.75, 3.05) is 0 Å². The largest absolute Gasteiger partial charge is 0.207 e. The summed E-state index contributed by atoms with van der Waals surface area (Å²) in [7, 11) is 0. The molecular formula is C11H11F. The zero-order chi connectivity index (χ0) is 8.39. The minimum atomic E-state index is -0.0750. The van der Waals surface area contributed by atoms with Crippen LogP contribution in [0.4, 0.5) is 4.39 Å². The van der Waals surface area contributed by atoms with E-state index in [9.17, 15) is 4.39 Å². The fourth-order valence-electron chi connectivity index (χ4n) is 1.67. The highest BCUT2D eigenvalue weighted by molar-refractivity contribution is 5.27. The van der Waals surface area contributed by atoms with Gasteiger partial charge in [-0.1, -0.05) is 30.4 Å². The van der Waals surface area contributed by atoms with Gasteiger partial charge in [-0.15, -0.1) is 0 Å². The van der Waals surface area contributed by atoms with Crippen molar-refractivity contribution in [1.29, 1.82) is 0 Å². The number of hydrogen-bond acceptors (Lipinski definition) is 0. The number of benzene rings is 1. The van der Waals surface area contributed by atoms with E-state index in [1.54, 1.807) is 6.07 Å². The quantitative estimate of drug-likeness (QED) is 0.556. The van der Waals surface area contributed by atoms with Crippen molar-refractivity contribution in [1.82, 2.24) is 0 Å². The molecule has 0 spiro atoms. The van der Waals surface area contributed by atoms with Gasteiger partial charge in [0, 0.05) is 5.92 Å². The Morgan fingerprint density at radius 1 is 1.25 bits per heavy atom. The van der Waals surface area contributed by atoms with Gasteiger partial charge in [-0.2, -0.15) is 0 Å². The number of rotatable bonds is 1. The summed E-state index contributed by atoms with van der Waals surface area (Å²) in [6, 6.07) is 7.03. The minimum absolute atomic E-state index is 0.0750. The third kappa shape index (κ3) is 1.27. The van der Waals surface area contributed by atoms with E-state index in [0.29, 0.717) is 5.92 Å². The molecule has 12 heavy (non-hydrogen) atoms. The van der Waals surface area contributed by atoms with E-state index in [4.69, 9.17) is 0 Å². The van der Waals surface area contributed by atoms with Crippen LogP contribution in [-0.2, 0) is 0 Å². The Morgan fingerprint density at radius 3 is 2.75 bits per heavy atom. The Kier molecular flexibility index (Phi) is 1.94. The highest BCUT2D eigenvalue weighted by Gasteiger charge is 2.14. The third-order valence-corrected chi connectivity index (χ3v) is 2.32. The molecule has 0 fully saturated rings. The molecule has 1 atom stereocenters. The summed E-state index contributed by atoms with van der Waals surface area (Å²) in [6.45, 7) is 0. The molecule has 0 N–H and O–H groups in total. The predicted molar refractivity (Wildman–Crippen MR) is 47.5 cm³/mol. The highest BCUT2D eigenvalue weighted by atomic mass is 19.1. The van der Waals surface area contributed by atoms with Crippen LogP contribution in [-0.4, -0.2) is 0 Å². The van der Waals surface area contributed by atoms with E-state index in [-0.39, 0.29) is 5.82 Å². The van der Waals surface area contributed by atoms with E-state index in [1.807, 2.05) is 12.1 Å². The van der Waals surface area contributed by atoms with Gasteiger partial charge in [-0.05, 0) is 24.5 Å². The molecule has 0 amide bonds. The lowest BCUT2D eigenvalue weighted by Crippen LogP contribution is -1.94. The van der Waals surface area contributed by atoms with E-state index in [1.165, 1.54) is 6.07 Å². The van der Waals surface area contributed by atoms with Crippen LogP contribution in [0.15, 0.2) is 36.4 Å². The Morgan fingerprint density at radius 2 is 2.08 bits per heavy atom. The standard InChI is InChI=1S/C11H11F/c12-11-8-4-3-7-10(11)9-5-1-2-6-9/h1,3-5,7-9H,2,6H2. The second-order valence-corrected chi connectivity index (χ2v) is 3.13. The molecule has 1 heteroatoms. The molecule has 1 aromatic carbocycles. The molecular weight excluding hydrogens is 151 g/mol. The molecule has 0 nitrogen and oxygen atoms in total. The molecule has 0 saturated heterocycles. The second-order valence-electron chi connectivity index (χ2n) is 3.13. The van der Waals surface area contributed by atoms with Crippen LogP contribution in [0.1, 0.15) is 24.3 Å². The first kappa shape index (κ1) is 7.53. The summed E-state index contributed by atoms with van der Waals surface area (Å²) in [6.07, 6.45) is 6.36. The monoisotopic (exact) mass is 162 g/mol. The van der Waals surface area contributed by atoms with E-state index >= 15 is 0 Å². The van der Waals surface area contributed by atoms with Crippen LogP contribution in [0, 0.1) is 5.82 Å². The first-order chi connectivity index (χ1) is 5.88. The summed E-state index contributed by atoms with van der Waals surface area (Å²) >= 11 is 0. The van der Waals surface area contributed by atoms with Crippen molar-refractivity contribution in [2.45, 2.75) is 18.8 Å². The number of halogens is 1. The minimum Gasteiger partial charge on any atom is -0.207 e. The van der Waals surface area contributed by atoms with Gasteiger partial charge >= 0.3 is 0 Å². The zero-order valence-corrected chi connectivity index (χ0v) is 6.83. The van der Waals surface area contributed by atoms with Crippen LogP contribution in [0.2, 0.25) is 0 Å². The maximum absolute atomic E-state index is 13.2. The molecule has 1 aliphatic carbocycles. The maximum Gasteiger partial charge on any atom is 0.126 e. The topological polar surface area (TPSA) is 0 Å². The summed E-state index contributed by atoms with van der Waals surface area (Å²) in [5, 5.41) is 0. The second kappa shape index (κ2) is 3.10. The van der Waals surface area contributed by atoms with Gasteiger partial charge in [0.05, 0.1) is 0 Å². The van der Waals surface area contributed by atoms with Gasteiger partial charge < -0.3 is 0 Å². The van der Waals surface area contributed by atoms with Crippen LogP contribution in [0.3, 0.4) is 0 Å². The molecule has 1 unspecified atom stereocenters. The fourth-order valence-corrected chi connectivity index (χ4v) is 1.67. The Balaban J connectivity index is 2.33. The third-order valence-electron chi connectivity index (χ3n) is 2.32.